The molecule has 28 heavy (non-hydrogen) atoms. The number of amides is 1. The lowest BCUT2D eigenvalue weighted by Crippen LogP contribution is -2.48. The number of hydrogen-bond donors (Lipinski definition) is 1. The maximum absolute atomic E-state index is 12.9. The fourth-order valence-electron chi connectivity index (χ4n) is 3.10. The fraction of sp³-hybridized carbons (Fsp3) is 0.316. The summed E-state index contributed by atoms with van der Waals surface area (Å²) in [5.41, 5.74) is 1.42. The van der Waals surface area contributed by atoms with E-state index in [0.717, 1.165) is 5.56 Å². The summed E-state index contributed by atoms with van der Waals surface area (Å²) in [7, 11) is -3.58. The number of carbonyl (C=O) groups excluding carboxylic acids is 1. The van der Waals surface area contributed by atoms with Crippen LogP contribution in [0.2, 0.25) is 10.0 Å². The summed E-state index contributed by atoms with van der Waals surface area (Å²) in [6.45, 7) is 3.93. The summed E-state index contributed by atoms with van der Waals surface area (Å²) in [6.07, 6.45) is 0. The smallest absolute Gasteiger partial charge is 0.243 e. The molecule has 1 aliphatic rings. The monoisotopic (exact) mass is 441 g/mol. The Balaban J connectivity index is 1.64. The molecule has 0 unspecified atom stereocenters. The van der Waals surface area contributed by atoms with Gasteiger partial charge in [-0.05, 0) is 36.4 Å². The molecule has 3 rings (SSSR count). The third-order valence-electron chi connectivity index (χ3n) is 4.59. The van der Waals surface area contributed by atoms with Gasteiger partial charge in [0.1, 0.15) is 0 Å². The lowest BCUT2D eigenvalue weighted by atomic mass is 10.2. The van der Waals surface area contributed by atoms with Crippen LogP contribution in [0.1, 0.15) is 12.5 Å². The number of rotatable bonds is 5. The van der Waals surface area contributed by atoms with Crippen molar-refractivity contribution >= 4 is 44.8 Å². The molecule has 0 bridgehead atoms. The molecular formula is C19H21Cl2N3O3S. The van der Waals surface area contributed by atoms with E-state index in [2.05, 4.69) is 10.2 Å². The zero-order chi connectivity index (χ0) is 20.3. The summed E-state index contributed by atoms with van der Waals surface area (Å²) in [5, 5.41) is 3.85. The van der Waals surface area contributed by atoms with Gasteiger partial charge in [-0.15, -0.1) is 0 Å². The molecule has 1 N–H and O–H groups in total. The Labute approximate surface area is 175 Å². The summed E-state index contributed by atoms with van der Waals surface area (Å²) >= 11 is 12.5. The first-order chi connectivity index (χ1) is 13.3. The van der Waals surface area contributed by atoms with Gasteiger partial charge in [0.15, 0.2) is 0 Å². The van der Waals surface area contributed by atoms with E-state index in [1.807, 2.05) is 0 Å². The SMILES string of the molecule is CC(=O)Nc1ccc(S(=O)(=O)N2CCN(Cc3c(Cl)cccc3Cl)CC2)cc1. The minimum absolute atomic E-state index is 0.203. The van der Waals surface area contributed by atoms with E-state index >= 15 is 0 Å². The molecule has 1 fully saturated rings. The number of hydrogen-bond acceptors (Lipinski definition) is 4. The van der Waals surface area contributed by atoms with E-state index < -0.39 is 10.0 Å². The first-order valence-electron chi connectivity index (χ1n) is 8.80. The Bertz CT molecular complexity index is 937. The van der Waals surface area contributed by atoms with Gasteiger partial charge >= 0.3 is 0 Å². The summed E-state index contributed by atoms with van der Waals surface area (Å²) in [4.78, 5) is 13.4. The highest BCUT2D eigenvalue weighted by Gasteiger charge is 2.28. The summed E-state index contributed by atoms with van der Waals surface area (Å²) in [6, 6.07) is 11.6. The molecule has 1 aliphatic heterocycles. The molecule has 0 radical (unpaired) electrons. The van der Waals surface area contributed by atoms with Gasteiger partial charge < -0.3 is 5.32 Å². The predicted molar refractivity (Wildman–Crippen MR) is 111 cm³/mol. The van der Waals surface area contributed by atoms with Gasteiger partial charge in [-0.3, -0.25) is 9.69 Å². The Morgan fingerprint density at radius 2 is 1.57 bits per heavy atom. The van der Waals surface area contributed by atoms with Gasteiger partial charge in [0.2, 0.25) is 15.9 Å². The van der Waals surface area contributed by atoms with E-state index in [4.69, 9.17) is 23.2 Å². The predicted octanol–water partition coefficient (Wildman–Crippen LogP) is 3.46. The van der Waals surface area contributed by atoms with Crippen molar-refractivity contribution in [2.75, 3.05) is 31.5 Å². The van der Waals surface area contributed by atoms with E-state index in [9.17, 15) is 13.2 Å². The third-order valence-corrected chi connectivity index (χ3v) is 7.21. The quantitative estimate of drug-likeness (QED) is 0.770. The van der Waals surface area contributed by atoms with Crippen molar-refractivity contribution in [1.82, 2.24) is 9.21 Å². The van der Waals surface area contributed by atoms with Gasteiger partial charge in [0.25, 0.3) is 0 Å². The van der Waals surface area contributed by atoms with E-state index in [1.54, 1.807) is 30.3 Å². The van der Waals surface area contributed by atoms with Crippen LogP contribution < -0.4 is 5.32 Å². The third kappa shape index (κ3) is 4.85. The van der Waals surface area contributed by atoms with E-state index in [0.29, 0.717) is 48.5 Å². The highest BCUT2D eigenvalue weighted by molar-refractivity contribution is 7.89. The molecule has 6 nitrogen and oxygen atoms in total. The molecule has 0 aliphatic carbocycles. The Hall–Kier alpha value is -1.64. The fourth-order valence-corrected chi connectivity index (χ4v) is 5.04. The zero-order valence-electron chi connectivity index (χ0n) is 15.4. The lowest BCUT2D eigenvalue weighted by Gasteiger charge is -2.34. The number of piperazine rings is 1. The van der Waals surface area contributed by atoms with Gasteiger partial charge in [-0.1, -0.05) is 29.3 Å². The number of nitrogens with zero attached hydrogens (tertiary/aromatic N) is 2. The Kier molecular flexibility index (Phi) is 6.62. The van der Waals surface area contributed by atoms with Crippen LogP contribution in [-0.4, -0.2) is 49.7 Å². The molecule has 1 amide bonds. The first-order valence-corrected chi connectivity index (χ1v) is 11.0. The van der Waals surface area contributed by atoms with Crippen LogP contribution in [0.3, 0.4) is 0 Å². The van der Waals surface area contributed by atoms with Crippen LogP contribution in [-0.2, 0) is 21.4 Å². The van der Waals surface area contributed by atoms with Crippen LogP contribution in [0.5, 0.6) is 0 Å². The molecule has 2 aromatic carbocycles. The Morgan fingerprint density at radius 1 is 1.00 bits per heavy atom. The molecule has 0 saturated carbocycles. The minimum Gasteiger partial charge on any atom is -0.326 e. The number of nitrogens with one attached hydrogen (secondary N) is 1. The molecule has 1 saturated heterocycles. The van der Waals surface area contributed by atoms with Crippen LogP contribution in [0, 0.1) is 0 Å². The molecule has 150 valence electrons. The van der Waals surface area contributed by atoms with Crippen LogP contribution in [0.15, 0.2) is 47.4 Å². The highest BCUT2D eigenvalue weighted by atomic mass is 35.5. The van der Waals surface area contributed by atoms with Crippen molar-refractivity contribution in [3.63, 3.8) is 0 Å². The second kappa shape index (κ2) is 8.80. The largest absolute Gasteiger partial charge is 0.326 e. The number of sulfonamides is 1. The molecule has 0 spiro atoms. The molecule has 0 atom stereocenters. The van der Waals surface area contributed by atoms with E-state index in [1.165, 1.54) is 23.4 Å². The van der Waals surface area contributed by atoms with Crippen molar-refractivity contribution in [1.29, 1.82) is 0 Å². The van der Waals surface area contributed by atoms with E-state index in [-0.39, 0.29) is 10.8 Å². The standard InChI is InChI=1S/C19H21Cl2N3O3S/c1-14(25)22-15-5-7-16(8-6-15)28(26,27)24-11-9-23(10-12-24)13-17-18(20)3-2-4-19(17)21/h2-8H,9-13H2,1H3,(H,22,25). The minimum atomic E-state index is -3.58. The van der Waals surface area contributed by atoms with Crippen molar-refractivity contribution in [3.8, 4) is 0 Å². The normalized spacial score (nSPS) is 16.1. The average Bonchev–Trinajstić information content (AvgIpc) is 2.65. The van der Waals surface area contributed by atoms with Crippen molar-refractivity contribution in [2.24, 2.45) is 0 Å². The van der Waals surface area contributed by atoms with Gasteiger partial charge in [0, 0.05) is 60.9 Å². The van der Waals surface area contributed by atoms with Crippen molar-refractivity contribution in [3.05, 3.63) is 58.1 Å². The van der Waals surface area contributed by atoms with Crippen LogP contribution in [0.4, 0.5) is 5.69 Å². The Morgan fingerprint density at radius 3 is 2.11 bits per heavy atom. The number of benzene rings is 2. The zero-order valence-corrected chi connectivity index (χ0v) is 17.7. The lowest BCUT2D eigenvalue weighted by molar-refractivity contribution is -0.114. The van der Waals surface area contributed by atoms with Crippen molar-refractivity contribution < 1.29 is 13.2 Å². The van der Waals surface area contributed by atoms with Gasteiger partial charge in [-0.2, -0.15) is 4.31 Å². The first kappa shape index (κ1) is 21.1. The molecule has 9 heteroatoms. The van der Waals surface area contributed by atoms with Crippen LogP contribution in [0.25, 0.3) is 0 Å². The average molecular weight is 442 g/mol. The number of anilines is 1. The van der Waals surface area contributed by atoms with Crippen LogP contribution >= 0.6 is 23.2 Å². The van der Waals surface area contributed by atoms with Crippen molar-refractivity contribution in [2.45, 2.75) is 18.4 Å². The summed E-state index contributed by atoms with van der Waals surface area (Å²) in [5.74, 6) is -0.203. The molecule has 0 aromatic heterocycles. The number of carbonyl (C=O) groups is 1. The summed E-state index contributed by atoms with van der Waals surface area (Å²) < 4.78 is 27.2. The van der Waals surface area contributed by atoms with Gasteiger partial charge in [-0.25, -0.2) is 8.42 Å². The maximum atomic E-state index is 12.9. The number of halogens is 2. The maximum Gasteiger partial charge on any atom is 0.243 e. The second-order valence-electron chi connectivity index (χ2n) is 6.59. The molecular weight excluding hydrogens is 421 g/mol. The highest BCUT2D eigenvalue weighted by Crippen LogP contribution is 2.27. The molecule has 1 heterocycles. The topological polar surface area (TPSA) is 69.7 Å². The van der Waals surface area contributed by atoms with Gasteiger partial charge in [0.05, 0.1) is 4.90 Å². The molecule has 2 aromatic rings. The second-order valence-corrected chi connectivity index (χ2v) is 9.34.